The Labute approximate surface area is 205 Å². The third-order valence-corrected chi connectivity index (χ3v) is 7.14. The smallest absolute Gasteiger partial charge is 0.426 e. The van der Waals surface area contributed by atoms with Crippen LogP contribution in [-0.4, -0.2) is 0 Å². The Morgan fingerprint density at radius 1 is 0.829 bits per heavy atom. The summed E-state index contributed by atoms with van der Waals surface area (Å²) in [6, 6.07) is 15.9. The van der Waals surface area contributed by atoms with Gasteiger partial charge in [0.1, 0.15) is 5.75 Å². The minimum absolute atomic E-state index is 0.103. The van der Waals surface area contributed by atoms with Crippen LogP contribution in [-0.2, 0) is 6.11 Å². The second kappa shape index (κ2) is 11.3. The highest BCUT2D eigenvalue weighted by Gasteiger charge is 2.35. The van der Waals surface area contributed by atoms with E-state index in [2.05, 4.69) is 6.92 Å². The van der Waals surface area contributed by atoms with Crippen molar-refractivity contribution in [2.75, 3.05) is 0 Å². The van der Waals surface area contributed by atoms with Crippen LogP contribution < -0.4 is 4.74 Å². The zero-order chi connectivity index (χ0) is 24.8. The van der Waals surface area contributed by atoms with Crippen molar-refractivity contribution >= 4 is 0 Å². The number of rotatable bonds is 9. The van der Waals surface area contributed by atoms with Crippen molar-refractivity contribution in [3.63, 3.8) is 0 Å². The van der Waals surface area contributed by atoms with Crippen molar-refractivity contribution in [2.24, 2.45) is 5.92 Å². The van der Waals surface area contributed by atoms with Gasteiger partial charge >= 0.3 is 6.11 Å². The molecule has 0 heterocycles. The van der Waals surface area contributed by atoms with E-state index >= 15 is 8.78 Å². The number of ether oxygens (including phenoxy) is 1. The van der Waals surface area contributed by atoms with Gasteiger partial charge in [-0.25, -0.2) is 8.78 Å². The Kier molecular flexibility index (Phi) is 8.15. The molecule has 0 radical (unpaired) electrons. The molecule has 0 unspecified atom stereocenters. The molecule has 186 valence electrons. The second-order valence-corrected chi connectivity index (χ2v) is 9.58. The molecular weight excluding hydrogens is 452 g/mol. The quantitative estimate of drug-likeness (QED) is 0.217. The maximum Gasteiger partial charge on any atom is 0.426 e. The summed E-state index contributed by atoms with van der Waals surface area (Å²) >= 11 is 0. The standard InChI is InChI=1S/C30H32F4O/c1-2-3-4-7-21-10-12-22(13-11-21)23-14-17-25(18-15-23)30(33,34)35-29-9-6-5-8-26(29)24-16-19-27(31)28(32)20-24/h5-6,8-9,14-22H,2-4,7,10-13H2,1H3/t21-,22-. The van der Waals surface area contributed by atoms with Crippen molar-refractivity contribution in [2.45, 2.75) is 70.3 Å². The predicted octanol–water partition coefficient (Wildman–Crippen LogP) is 9.61. The third-order valence-electron chi connectivity index (χ3n) is 7.14. The van der Waals surface area contributed by atoms with E-state index in [0.29, 0.717) is 5.92 Å². The summed E-state index contributed by atoms with van der Waals surface area (Å²) in [5.74, 6) is -0.939. The molecule has 0 aliphatic heterocycles. The largest absolute Gasteiger partial charge is 0.428 e. The first-order valence-electron chi connectivity index (χ1n) is 12.6. The molecule has 1 aliphatic rings. The molecule has 5 heteroatoms. The molecule has 3 aromatic carbocycles. The van der Waals surface area contributed by atoms with E-state index in [0.717, 1.165) is 36.5 Å². The Hall–Kier alpha value is -2.82. The van der Waals surface area contributed by atoms with Crippen molar-refractivity contribution < 1.29 is 22.3 Å². The van der Waals surface area contributed by atoms with E-state index in [1.807, 2.05) is 0 Å². The maximum absolute atomic E-state index is 15.1. The number of benzene rings is 3. The fraction of sp³-hybridized carbons (Fsp3) is 0.400. The molecule has 4 rings (SSSR count). The zero-order valence-corrected chi connectivity index (χ0v) is 20.1. The molecule has 3 aromatic rings. The summed E-state index contributed by atoms with van der Waals surface area (Å²) in [7, 11) is 0. The summed E-state index contributed by atoms with van der Waals surface area (Å²) in [6.07, 6.45) is 6.17. The van der Waals surface area contributed by atoms with E-state index in [9.17, 15) is 8.78 Å². The van der Waals surface area contributed by atoms with Gasteiger partial charge < -0.3 is 4.74 Å². The monoisotopic (exact) mass is 484 g/mol. The van der Waals surface area contributed by atoms with Crippen LogP contribution in [0.2, 0.25) is 0 Å². The van der Waals surface area contributed by atoms with Gasteiger partial charge in [0.15, 0.2) is 11.6 Å². The lowest BCUT2D eigenvalue weighted by Gasteiger charge is -2.29. The van der Waals surface area contributed by atoms with Gasteiger partial charge in [-0.15, -0.1) is 0 Å². The molecule has 0 bridgehead atoms. The first-order valence-corrected chi connectivity index (χ1v) is 12.6. The molecule has 0 spiro atoms. The normalized spacial score (nSPS) is 18.4. The molecule has 0 saturated heterocycles. The molecule has 0 atom stereocenters. The molecular formula is C30H32F4O. The number of halogens is 4. The third kappa shape index (κ3) is 6.25. The van der Waals surface area contributed by atoms with Crippen molar-refractivity contribution in [3.8, 4) is 16.9 Å². The van der Waals surface area contributed by atoms with E-state index in [4.69, 9.17) is 4.74 Å². The summed E-state index contributed by atoms with van der Waals surface area (Å²) in [6.45, 7) is 2.22. The lowest BCUT2D eigenvalue weighted by atomic mass is 9.77. The van der Waals surface area contributed by atoms with Gasteiger partial charge in [-0.2, -0.15) is 8.78 Å². The van der Waals surface area contributed by atoms with E-state index in [-0.39, 0.29) is 22.4 Å². The predicted molar refractivity (Wildman–Crippen MR) is 132 cm³/mol. The average molecular weight is 485 g/mol. The molecule has 35 heavy (non-hydrogen) atoms. The summed E-state index contributed by atoms with van der Waals surface area (Å²) in [4.78, 5) is 0. The van der Waals surface area contributed by atoms with E-state index in [1.165, 1.54) is 62.8 Å². The average Bonchev–Trinajstić information content (AvgIpc) is 2.87. The highest BCUT2D eigenvalue weighted by molar-refractivity contribution is 5.70. The van der Waals surface area contributed by atoms with Gasteiger partial charge in [-0.1, -0.05) is 69.0 Å². The maximum atomic E-state index is 15.1. The van der Waals surface area contributed by atoms with E-state index < -0.39 is 17.7 Å². The molecule has 0 amide bonds. The van der Waals surface area contributed by atoms with Crippen LogP contribution in [0.1, 0.15) is 75.3 Å². The first kappa shape index (κ1) is 25.3. The van der Waals surface area contributed by atoms with Gasteiger partial charge in [0, 0.05) is 5.56 Å². The van der Waals surface area contributed by atoms with Gasteiger partial charge in [0.2, 0.25) is 0 Å². The molecule has 1 saturated carbocycles. The van der Waals surface area contributed by atoms with E-state index in [1.54, 1.807) is 30.3 Å². The van der Waals surface area contributed by atoms with Crippen LogP contribution in [0.15, 0.2) is 66.7 Å². The SMILES string of the molecule is CCCCC[C@H]1CC[C@H](c2ccc(C(F)(F)Oc3ccccc3-c3ccc(F)c(F)c3)cc2)CC1. The highest BCUT2D eigenvalue weighted by atomic mass is 19.3. The molecule has 1 nitrogen and oxygen atoms in total. The van der Waals surface area contributed by atoms with Gasteiger partial charge in [-0.3, -0.25) is 0 Å². The van der Waals surface area contributed by atoms with Crippen molar-refractivity contribution in [3.05, 3.63) is 89.5 Å². The number of alkyl halides is 2. The first-order chi connectivity index (χ1) is 16.9. The molecule has 0 aromatic heterocycles. The Bertz CT molecular complexity index is 1100. The van der Waals surface area contributed by atoms with Crippen molar-refractivity contribution in [1.29, 1.82) is 0 Å². The minimum Gasteiger partial charge on any atom is -0.428 e. The lowest BCUT2D eigenvalue weighted by molar-refractivity contribution is -0.185. The molecule has 1 aliphatic carbocycles. The minimum atomic E-state index is -3.58. The summed E-state index contributed by atoms with van der Waals surface area (Å²) in [5, 5.41) is 0. The van der Waals surface area contributed by atoms with Crippen LogP contribution in [0.3, 0.4) is 0 Å². The lowest BCUT2D eigenvalue weighted by Crippen LogP contribution is -2.22. The Balaban J connectivity index is 1.44. The highest BCUT2D eigenvalue weighted by Crippen LogP contribution is 2.40. The second-order valence-electron chi connectivity index (χ2n) is 9.58. The fourth-order valence-electron chi connectivity index (χ4n) is 5.07. The van der Waals surface area contributed by atoms with Gasteiger partial charge in [0.25, 0.3) is 0 Å². The van der Waals surface area contributed by atoms with Gasteiger partial charge in [0.05, 0.1) is 5.56 Å². The number of hydrogen-bond donors (Lipinski definition) is 0. The Morgan fingerprint density at radius 2 is 1.54 bits per heavy atom. The van der Waals surface area contributed by atoms with Crippen LogP contribution in [0, 0.1) is 17.6 Å². The van der Waals surface area contributed by atoms with Crippen LogP contribution in [0.4, 0.5) is 17.6 Å². The summed E-state index contributed by atoms with van der Waals surface area (Å²) < 4.78 is 62.4. The van der Waals surface area contributed by atoms with Crippen LogP contribution in [0.25, 0.3) is 11.1 Å². The number of hydrogen-bond acceptors (Lipinski definition) is 1. The molecule has 0 N–H and O–H groups in total. The molecule has 1 fully saturated rings. The topological polar surface area (TPSA) is 9.23 Å². The van der Waals surface area contributed by atoms with Crippen LogP contribution in [0.5, 0.6) is 5.75 Å². The number of unbranched alkanes of at least 4 members (excludes halogenated alkanes) is 2. The Morgan fingerprint density at radius 3 is 2.23 bits per heavy atom. The van der Waals surface area contributed by atoms with Crippen LogP contribution >= 0.6 is 0 Å². The summed E-state index contributed by atoms with van der Waals surface area (Å²) in [5.41, 5.74) is 1.38. The fourth-order valence-corrected chi connectivity index (χ4v) is 5.07. The number of para-hydroxylation sites is 1. The van der Waals surface area contributed by atoms with Gasteiger partial charge in [-0.05, 0) is 79.0 Å². The zero-order valence-electron chi connectivity index (χ0n) is 20.1. The van der Waals surface area contributed by atoms with Crippen molar-refractivity contribution in [1.82, 2.24) is 0 Å².